The van der Waals surface area contributed by atoms with Gasteiger partial charge in [-0.05, 0) is 12.1 Å². The van der Waals surface area contributed by atoms with Gasteiger partial charge < -0.3 is 23.5 Å². The number of carbonyl (C=O) groups is 1. The summed E-state index contributed by atoms with van der Waals surface area (Å²) >= 11 is 0. The predicted octanol–water partition coefficient (Wildman–Crippen LogP) is 1.12. The van der Waals surface area contributed by atoms with Gasteiger partial charge in [0.2, 0.25) is 17.9 Å². The van der Waals surface area contributed by atoms with Gasteiger partial charge in [0.1, 0.15) is 12.6 Å². The average molecular weight is 331 g/mol. The van der Waals surface area contributed by atoms with Crippen molar-refractivity contribution < 1.29 is 23.4 Å². The molecule has 1 aromatic carbocycles. The van der Waals surface area contributed by atoms with Gasteiger partial charge in [-0.2, -0.15) is 0 Å². The van der Waals surface area contributed by atoms with E-state index in [1.807, 2.05) is 18.2 Å². The van der Waals surface area contributed by atoms with Gasteiger partial charge in [0.05, 0.1) is 13.2 Å². The fourth-order valence-corrected chi connectivity index (χ4v) is 2.84. The number of carbonyl (C=O) groups excluding carboxylic acids is 1. The largest absolute Gasteiger partial charge is 0.485 e. The quantitative estimate of drug-likeness (QED) is 0.815. The van der Waals surface area contributed by atoms with Crippen LogP contribution in [-0.2, 0) is 9.53 Å². The molecule has 1 saturated heterocycles. The van der Waals surface area contributed by atoms with Crippen molar-refractivity contribution in [3.05, 3.63) is 36.0 Å². The van der Waals surface area contributed by atoms with Crippen molar-refractivity contribution in [1.29, 1.82) is 0 Å². The number of para-hydroxylation sites is 2. The molecule has 0 radical (unpaired) electrons. The number of ether oxygens (including phenoxy) is 3. The van der Waals surface area contributed by atoms with E-state index in [0.29, 0.717) is 43.0 Å². The molecule has 1 aromatic heterocycles. The number of hydrogen-bond acceptors (Lipinski definition) is 7. The summed E-state index contributed by atoms with van der Waals surface area (Å²) in [4.78, 5) is 14.6. The molecule has 2 aliphatic rings. The molecule has 126 valence electrons. The lowest BCUT2D eigenvalue weighted by molar-refractivity contribution is -0.151. The topological polar surface area (TPSA) is 86.9 Å². The highest BCUT2D eigenvalue weighted by molar-refractivity contribution is 5.82. The summed E-state index contributed by atoms with van der Waals surface area (Å²) in [5.74, 6) is 1.87. The van der Waals surface area contributed by atoms with Crippen LogP contribution in [0.2, 0.25) is 0 Å². The Morgan fingerprint density at radius 1 is 1.21 bits per heavy atom. The lowest BCUT2D eigenvalue weighted by Gasteiger charge is -2.36. The van der Waals surface area contributed by atoms with E-state index in [2.05, 4.69) is 10.2 Å². The number of aromatic nitrogens is 2. The van der Waals surface area contributed by atoms with Gasteiger partial charge in [-0.1, -0.05) is 12.1 Å². The molecule has 8 nitrogen and oxygen atoms in total. The lowest BCUT2D eigenvalue weighted by atomic mass is 10.1. The second kappa shape index (κ2) is 6.12. The van der Waals surface area contributed by atoms with Crippen molar-refractivity contribution in [3.8, 4) is 11.5 Å². The molecular weight excluding hydrogens is 314 g/mol. The molecule has 0 aliphatic carbocycles. The summed E-state index contributed by atoms with van der Waals surface area (Å²) in [6.07, 6.45) is -0.704. The highest BCUT2D eigenvalue weighted by Crippen LogP contribution is 2.32. The fraction of sp³-hybridized carbons (Fsp3) is 0.438. The summed E-state index contributed by atoms with van der Waals surface area (Å²) in [5, 5.41) is 7.85. The summed E-state index contributed by atoms with van der Waals surface area (Å²) in [6.45, 7) is 3.09. The van der Waals surface area contributed by atoms with Crippen LogP contribution in [0.4, 0.5) is 0 Å². The SMILES string of the molecule is Cc1nnc([C@H]2COCCN2C(=O)[C@@H]2COc3ccccc3O2)o1. The molecule has 0 spiro atoms. The van der Waals surface area contributed by atoms with Crippen molar-refractivity contribution >= 4 is 5.91 Å². The Hall–Kier alpha value is -2.61. The molecular formula is C16H17N3O5. The number of rotatable bonds is 2. The van der Waals surface area contributed by atoms with Crippen LogP contribution in [0.15, 0.2) is 28.7 Å². The van der Waals surface area contributed by atoms with Gasteiger partial charge in [-0.3, -0.25) is 4.79 Å². The lowest BCUT2D eigenvalue weighted by Crippen LogP contribution is -2.51. The maximum absolute atomic E-state index is 12.9. The number of aryl methyl sites for hydroxylation is 1. The Morgan fingerprint density at radius 2 is 2.04 bits per heavy atom. The van der Waals surface area contributed by atoms with Gasteiger partial charge in [0.15, 0.2) is 11.5 Å². The monoisotopic (exact) mass is 331 g/mol. The highest BCUT2D eigenvalue weighted by atomic mass is 16.6. The smallest absolute Gasteiger partial charge is 0.268 e. The zero-order valence-corrected chi connectivity index (χ0v) is 13.2. The van der Waals surface area contributed by atoms with E-state index in [4.69, 9.17) is 18.6 Å². The Bertz CT molecular complexity index is 747. The van der Waals surface area contributed by atoms with Gasteiger partial charge in [-0.25, -0.2) is 0 Å². The standard InChI is InChI=1S/C16H17N3O5/c1-10-17-18-15(23-10)11-8-21-7-6-19(11)16(20)14-9-22-12-4-2-3-5-13(12)24-14/h2-5,11,14H,6-9H2,1H3/t11-,14+/m1/s1. The number of morpholine rings is 1. The van der Waals surface area contributed by atoms with E-state index in [-0.39, 0.29) is 12.5 Å². The third-order valence-corrected chi connectivity index (χ3v) is 4.02. The van der Waals surface area contributed by atoms with Crippen LogP contribution in [0.1, 0.15) is 17.8 Å². The van der Waals surface area contributed by atoms with Gasteiger partial charge in [-0.15, -0.1) is 10.2 Å². The third-order valence-electron chi connectivity index (χ3n) is 4.02. The summed E-state index contributed by atoms with van der Waals surface area (Å²) in [5.41, 5.74) is 0. The molecule has 2 atom stereocenters. The summed E-state index contributed by atoms with van der Waals surface area (Å²) < 4.78 is 22.4. The molecule has 1 fully saturated rings. The maximum Gasteiger partial charge on any atom is 0.268 e. The number of nitrogens with zero attached hydrogens (tertiary/aromatic N) is 3. The van der Waals surface area contributed by atoms with Crippen LogP contribution in [0, 0.1) is 6.92 Å². The molecule has 24 heavy (non-hydrogen) atoms. The van der Waals surface area contributed by atoms with Crippen LogP contribution < -0.4 is 9.47 Å². The van der Waals surface area contributed by atoms with Crippen molar-refractivity contribution in [1.82, 2.24) is 15.1 Å². The van der Waals surface area contributed by atoms with Crippen molar-refractivity contribution in [3.63, 3.8) is 0 Å². The molecule has 2 aromatic rings. The molecule has 4 rings (SSSR count). The van der Waals surface area contributed by atoms with E-state index < -0.39 is 12.1 Å². The fourth-order valence-electron chi connectivity index (χ4n) is 2.84. The predicted molar refractivity (Wildman–Crippen MR) is 80.7 cm³/mol. The Kier molecular flexibility index (Phi) is 3.81. The Labute approximate surface area is 138 Å². The number of fused-ring (bicyclic) bond motifs is 1. The van der Waals surface area contributed by atoms with Crippen LogP contribution in [0.5, 0.6) is 11.5 Å². The second-order valence-electron chi connectivity index (χ2n) is 5.65. The van der Waals surface area contributed by atoms with Crippen molar-refractivity contribution in [2.75, 3.05) is 26.4 Å². The zero-order chi connectivity index (χ0) is 16.5. The van der Waals surface area contributed by atoms with E-state index >= 15 is 0 Å². The number of amides is 1. The minimum atomic E-state index is -0.704. The second-order valence-corrected chi connectivity index (χ2v) is 5.65. The first-order valence-corrected chi connectivity index (χ1v) is 7.79. The molecule has 3 heterocycles. The molecule has 8 heteroatoms. The van der Waals surface area contributed by atoms with E-state index in [1.54, 1.807) is 17.9 Å². The van der Waals surface area contributed by atoms with Crippen LogP contribution in [-0.4, -0.2) is 53.5 Å². The van der Waals surface area contributed by atoms with Gasteiger partial charge in [0, 0.05) is 13.5 Å². The zero-order valence-electron chi connectivity index (χ0n) is 13.2. The summed E-state index contributed by atoms with van der Waals surface area (Å²) in [7, 11) is 0. The van der Waals surface area contributed by atoms with Crippen molar-refractivity contribution in [2.24, 2.45) is 0 Å². The normalized spacial score (nSPS) is 23.1. The minimum Gasteiger partial charge on any atom is -0.485 e. The van der Waals surface area contributed by atoms with E-state index in [0.717, 1.165) is 0 Å². The van der Waals surface area contributed by atoms with Gasteiger partial charge in [0.25, 0.3) is 5.91 Å². The first-order chi connectivity index (χ1) is 11.7. The first kappa shape index (κ1) is 14.9. The minimum absolute atomic E-state index is 0.169. The average Bonchev–Trinajstić information content (AvgIpc) is 3.07. The van der Waals surface area contributed by atoms with E-state index in [9.17, 15) is 4.79 Å². The Balaban J connectivity index is 1.54. The van der Waals surface area contributed by atoms with Crippen LogP contribution >= 0.6 is 0 Å². The molecule has 0 saturated carbocycles. The van der Waals surface area contributed by atoms with E-state index in [1.165, 1.54) is 0 Å². The Morgan fingerprint density at radius 3 is 2.83 bits per heavy atom. The molecule has 0 bridgehead atoms. The molecule has 1 amide bonds. The number of hydrogen-bond donors (Lipinski definition) is 0. The van der Waals surface area contributed by atoms with Crippen LogP contribution in [0.25, 0.3) is 0 Å². The molecule has 0 N–H and O–H groups in total. The van der Waals surface area contributed by atoms with Gasteiger partial charge >= 0.3 is 0 Å². The number of benzene rings is 1. The summed E-state index contributed by atoms with van der Waals surface area (Å²) in [6, 6.07) is 6.89. The van der Waals surface area contributed by atoms with Crippen LogP contribution in [0.3, 0.4) is 0 Å². The molecule has 2 aliphatic heterocycles. The highest BCUT2D eigenvalue weighted by Gasteiger charge is 2.38. The molecule has 0 unspecified atom stereocenters. The van der Waals surface area contributed by atoms with Crippen molar-refractivity contribution in [2.45, 2.75) is 19.1 Å². The first-order valence-electron chi connectivity index (χ1n) is 7.79. The third kappa shape index (κ3) is 2.69. The maximum atomic E-state index is 12.9.